The van der Waals surface area contributed by atoms with Crippen molar-refractivity contribution in [3.05, 3.63) is 29.3 Å². The quantitative estimate of drug-likeness (QED) is 0.829. The van der Waals surface area contributed by atoms with Crippen molar-refractivity contribution < 1.29 is 13.5 Å². The Morgan fingerprint density at radius 3 is 2.56 bits per heavy atom. The number of hydrogen-bond acceptors (Lipinski definition) is 3. The van der Waals surface area contributed by atoms with E-state index >= 15 is 0 Å². The van der Waals surface area contributed by atoms with Gasteiger partial charge in [0.25, 0.3) is 0 Å². The van der Waals surface area contributed by atoms with Crippen LogP contribution in [0.5, 0.6) is 0 Å². The standard InChI is InChI=1S/C13H21NO3S/c1-10(2)6-7-14-18(16,17)13-5-4-11(3)12(8-13)9-15/h4-5,8,10,14-15H,6-7,9H2,1-3H3. The molecular weight excluding hydrogens is 250 g/mol. The Balaban J connectivity index is 2.85. The maximum Gasteiger partial charge on any atom is 0.240 e. The van der Waals surface area contributed by atoms with Gasteiger partial charge in [0.15, 0.2) is 0 Å². The predicted molar refractivity (Wildman–Crippen MR) is 71.7 cm³/mol. The summed E-state index contributed by atoms with van der Waals surface area (Å²) >= 11 is 0. The molecule has 0 amide bonds. The summed E-state index contributed by atoms with van der Waals surface area (Å²) in [5, 5.41) is 9.14. The third-order valence-electron chi connectivity index (χ3n) is 2.82. The molecule has 0 spiro atoms. The van der Waals surface area contributed by atoms with Gasteiger partial charge in [-0.1, -0.05) is 19.9 Å². The molecule has 1 aromatic carbocycles. The summed E-state index contributed by atoms with van der Waals surface area (Å²) in [5.41, 5.74) is 1.53. The van der Waals surface area contributed by atoms with Crippen LogP contribution in [0.3, 0.4) is 0 Å². The fourth-order valence-electron chi connectivity index (χ4n) is 1.55. The van der Waals surface area contributed by atoms with Crippen molar-refractivity contribution in [1.82, 2.24) is 4.72 Å². The Bertz CT molecular complexity index is 495. The summed E-state index contributed by atoms with van der Waals surface area (Å²) in [6.45, 7) is 6.21. The van der Waals surface area contributed by atoms with Crippen molar-refractivity contribution in [2.75, 3.05) is 6.54 Å². The predicted octanol–water partition coefficient (Wildman–Crippen LogP) is 1.81. The molecule has 0 saturated carbocycles. The molecule has 2 N–H and O–H groups in total. The molecule has 0 bridgehead atoms. The van der Waals surface area contributed by atoms with Gasteiger partial charge in [-0.25, -0.2) is 13.1 Å². The lowest BCUT2D eigenvalue weighted by Gasteiger charge is -2.10. The monoisotopic (exact) mass is 271 g/mol. The number of aliphatic hydroxyl groups excluding tert-OH is 1. The lowest BCUT2D eigenvalue weighted by atomic mass is 10.1. The number of benzene rings is 1. The molecule has 0 fully saturated rings. The number of rotatable bonds is 6. The third kappa shape index (κ3) is 4.08. The van der Waals surface area contributed by atoms with Gasteiger partial charge in [-0.15, -0.1) is 0 Å². The van der Waals surface area contributed by atoms with Crippen LogP contribution in [0.15, 0.2) is 23.1 Å². The molecule has 4 nitrogen and oxygen atoms in total. The summed E-state index contributed by atoms with van der Waals surface area (Å²) in [4.78, 5) is 0.209. The molecule has 0 atom stereocenters. The highest BCUT2D eigenvalue weighted by Gasteiger charge is 2.14. The molecule has 0 aliphatic heterocycles. The van der Waals surface area contributed by atoms with E-state index in [1.165, 1.54) is 6.07 Å². The Kier molecular flexibility index (Phi) is 5.31. The van der Waals surface area contributed by atoms with Gasteiger partial charge in [0.2, 0.25) is 10.0 Å². The van der Waals surface area contributed by atoms with Gasteiger partial charge in [0, 0.05) is 6.54 Å². The first-order chi connectivity index (χ1) is 8.36. The molecular formula is C13H21NO3S. The van der Waals surface area contributed by atoms with Crippen molar-refractivity contribution in [3.8, 4) is 0 Å². The molecule has 0 aromatic heterocycles. The van der Waals surface area contributed by atoms with Crippen LogP contribution in [-0.4, -0.2) is 20.1 Å². The zero-order chi connectivity index (χ0) is 13.8. The highest BCUT2D eigenvalue weighted by molar-refractivity contribution is 7.89. The summed E-state index contributed by atoms with van der Waals surface area (Å²) in [7, 11) is -3.47. The fourth-order valence-corrected chi connectivity index (χ4v) is 2.65. The average Bonchev–Trinajstić information content (AvgIpc) is 2.28. The molecule has 1 aromatic rings. The van der Waals surface area contributed by atoms with Crippen LogP contribution in [0.4, 0.5) is 0 Å². The maximum atomic E-state index is 12.0. The molecule has 0 saturated heterocycles. The van der Waals surface area contributed by atoms with Crippen LogP contribution in [-0.2, 0) is 16.6 Å². The zero-order valence-corrected chi connectivity index (χ0v) is 11.9. The lowest BCUT2D eigenvalue weighted by Crippen LogP contribution is -2.25. The van der Waals surface area contributed by atoms with Gasteiger partial charge in [-0.05, 0) is 42.5 Å². The van der Waals surface area contributed by atoms with Gasteiger partial charge >= 0.3 is 0 Å². The Morgan fingerprint density at radius 1 is 1.33 bits per heavy atom. The van der Waals surface area contributed by atoms with Crippen LogP contribution in [0, 0.1) is 12.8 Å². The molecule has 0 aliphatic carbocycles. The summed E-state index contributed by atoms with van der Waals surface area (Å²) < 4.78 is 26.6. The molecule has 0 radical (unpaired) electrons. The van der Waals surface area contributed by atoms with Crippen LogP contribution in [0.1, 0.15) is 31.4 Å². The highest BCUT2D eigenvalue weighted by Crippen LogP contribution is 2.15. The molecule has 102 valence electrons. The van der Waals surface area contributed by atoms with E-state index in [1.54, 1.807) is 12.1 Å². The minimum absolute atomic E-state index is 0.152. The number of hydrogen-bond donors (Lipinski definition) is 2. The number of aliphatic hydroxyl groups is 1. The first kappa shape index (κ1) is 15.1. The fraction of sp³-hybridized carbons (Fsp3) is 0.538. The van der Waals surface area contributed by atoms with E-state index in [0.29, 0.717) is 18.0 Å². The van der Waals surface area contributed by atoms with Crippen LogP contribution < -0.4 is 4.72 Å². The highest BCUT2D eigenvalue weighted by atomic mass is 32.2. The Morgan fingerprint density at radius 2 is 2.00 bits per heavy atom. The normalized spacial score (nSPS) is 12.1. The summed E-state index contributed by atoms with van der Waals surface area (Å²) in [6, 6.07) is 4.79. The Hall–Kier alpha value is -0.910. The van der Waals surface area contributed by atoms with Crippen molar-refractivity contribution in [2.24, 2.45) is 5.92 Å². The van der Waals surface area contributed by atoms with Gasteiger partial charge in [0.05, 0.1) is 11.5 Å². The van der Waals surface area contributed by atoms with E-state index in [1.807, 2.05) is 20.8 Å². The second-order valence-corrected chi connectivity index (χ2v) is 6.59. The summed E-state index contributed by atoms with van der Waals surface area (Å²) in [6.07, 6.45) is 0.804. The first-order valence-corrected chi connectivity index (χ1v) is 7.55. The van der Waals surface area contributed by atoms with Crippen molar-refractivity contribution in [1.29, 1.82) is 0 Å². The van der Waals surface area contributed by atoms with Crippen LogP contribution in [0.25, 0.3) is 0 Å². The van der Waals surface area contributed by atoms with Gasteiger partial charge < -0.3 is 5.11 Å². The second-order valence-electron chi connectivity index (χ2n) is 4.83. The van der Waals surface area contributed by atoms with Crippen molar-refractivity contribution in [2.45, 2.75) is 38.7 Å². The van der Waals surface area contributed by atoms with Gasteiger partial charge in [-0.2, -0.15) is 0 Å². The molecule has 0 heterocycles. The third-order valence-corrected chi connectivity index (χ3v) is 4.27. The minimum Gasteiger partial charge on any atom is -0.392 e. The Labute approximate surface area is 109 Å². The topological polar surface area (TPSA) is 66.4 Å². The van der Waals surface area contributed by atoms with E-state index in [2.05, 4.69) is 4.72 Å². The van der Waals surface area contributed by atoms with Gasteiger partial charge in [-0.3, -0.25) is 0 Å². The first-order valence-electron chi connectivity index (χ1n) is 6.07. The number of sulfonamides is 1. The van der Waals surface area contributed by atoms with Crippen LogP contribution in [0.2, 0.25) is 0 Å². The van der Waals surface area contributed by atoms with Crippen molar-refractivity contribution in [3.63, 3.8) is 0 Å². The average molecular weight is 271 g/mol. The van der Waals surface area contributed by atoms with E-state index in [9.17, 15) is 8.42 Å². The molecule has 1 rings (SSSR count). The summed E-state index contributed by atoms with van der Waals surface area (Å²) in [5.74, 6) is 0.457. The van der Waals surface area contributed by atoms with E-state index < -0.39 is 10.0 Å². The van der Waals surface area contributed by atoms with Crippen LogP contribution >= 0.6 is 0 Å². The largest absolute Gasteiger partial charge is 0.392 e. The van der Waals surface area contributed by atoms with Gasteiger partial charge in [0.1, 0.15) is 0 Å². The second kappa shape index (κ2) is 6.31. The molecule has 0 aliphatic rings. The van der Waals surface area contributed by atoms with E-state index in [-0.39, 0.29) is 11.5 Å². The molecule has 0 unspecified atom stereocenters. The van der Waals surface area contributed by atoms with E-state index in [0.717, 1.165) is 12.0 Å². The molecule has 18 heavy (non-hydrogen) atoms. The molecule has 5 heteroatoms. The SMILES string of the molecule is Cc1ccc(S(=O)(=O)NCCC(C)C)cc1CO. The lowest BCUT2D eigenvalue weighted by molar-refractivity contribution is 0.280. The van der Waals surface area contributed by atoms with Crippen molar-refractivity contribution >= 4 is 10.0 Å². The smallest absolute Gasteiger partial charge is 0.240 e. The maximum absolute atomic E-state index is 12.0. The van der Waals surface area contributed by atoms with E-state index in [4.69, 9.17) is 5.11 Å². The minimum atomic E-state index is -3.47. The number of nitrogens with one attached hydrogen (secondary N) is 1. The number of aryl methyl sites for hydroxylation is 1. The zero-order valence-electron chi connectivity index (χ0n) is 11.1.